The summed E-state index contributed by atoms with van der Waals surface area (Å²) in [7, 11) is 0. The fourth-order valence-corrected chi connectivity index (χ4v) is 2.24. The van der Waals surface area contributed by atoms with E-state index in [0.717, 1.165) is 5.75 Å². The van der Waals surface area contributed by atoms with E-state index in [9.17, 15) is 4.79 Å². The van der Waals surface area contributed by atoms with Gasteiger partial charge in [-0.05, 0) is 24.3 Å². The number of carbonyl (C=O) groups is 1. The Morgan fingerprint density at radius 3 is 2.29 bits per heavy atom. The molecule has 0 aliphatic heterocycles. The zero-order valence-corrected chi connectivity index (χ0v) is 13.7. The largest absolute Gasteiger partial charge is 0.455 e. The first-order valence-electron chi connectivity index (χ1n) is 7.79. The molecule has 0 aliphatic carbocycles. The smallest absolute Gasteiger partial charge is 0.238 e. The number of hydrogen-bond donors (Lipinski definition) is 1. The number of para-hydroxylation sites is 3. The Kier molecular flexibility index (Phi) is 6.80. The average molecular weight is 322 g/mol. The fourth-order valence-electron chi connectivity index (χ4n) is 2.24. The molecule has 0 fully saturated rings. The predicted octanol–water partition coefficient (Wildman–Crippen LogP) is 4.09. The molecular weight excluding hydrogens is 300 g/mol. The van der Waals surface area contributed by atoms with Crippen molar-refractivity contribution in [2.24, 2.45) is 0 Å². The van der Waals surface area contributed by atoms with Gasteiger partial charge in [0.05, 0.1) is 12.2 Å². The van der Waals surface area contributed by atoms with Crippen LogP contribution in [0.1, 0.15) is 0 Å². The van der Waals surface area contributed by atoms with Crippen molar-refractivity contribution in [2.45, 2.75) is 0 Å². The van der Waals surface area contributed by atoms with Crippen molar-refractivity contribution in [3.8, 4) is 11.5 Å². The molecule has 4 nitrogen and oxygen atoms in total. The number of anilines is 1. The molecule has 1 N–H and O–H groups in total. The van der Waals surface area contributed by atoms with E-state index in [1.165, 1.54) is 0 Å². The van der Waals surface area contributed by atoms with Crippen LogP contribution in [-0.2, 0) is 4.79 Å². The zero-order chi connectivity index (χ0) is 17.2. The van der Waals surface area contributed by atoms with Gasteiger partial charge in [-0.15, -0.1) is 13.2 Å². The second-order valence-electron chi connectivity index (χ2n) is 5.23. The quantitative estimate of drug-likeness (QED) is 0.707. The van der Waals surface area contributed by atoms with Gasteiger partial charge in [-0.3, -0.25) is 9.69 Å². The molecule has 0 heterocycles. The van der Waals surface area contributed by atoms with E-state index < -0.39 is 0 Å². The number of rotatable bonds is 9. The van der Waals surface area contributed by atoms with Gasteiger partial charge in [0.2, 0.25) is 5.91 Å². The van der Waals surface area contributed by atoms with Gasteiger partial charge in [0, 0.05) is 13.1 Å². The zero-order valence-electron chi connectivity index (χ0n) is 13.7. The lowest BCUT2D eigenvalue weighted by Gasteiger charge is -2.18. The summed E-state index contributed by atoms with van der Waals surface area (Å²) in [5.74, 6) is 1.22. The van der Waals surface area contributed by atoms with Crippen LogP contribution >= 0.6 is 0 Å². The number of amides is 1. The molecule has 1 amide bonds. The molecule has 24 heavy (non-hydrogen) atoms. The first-order chi connectivity index (χ1) is 11.7. The summed E-state index contributed by atoms with van der Waals surface area (Å²) in [5.41, 5.74) is 0.642. The van der Waals surface area contributed by atoms with E-state index in [1.54, 1.807) is 12.2 Å². The van der Waals surface area contributed by atoms with Crippen molar-refractivity contribution >= 4 is 11.6 Å². The number of ether oxygens (including phenoxy) is 1. The van der Waals surface area contributed by atoms with Crippen LogP contribution in [0.3, 0.4) is 0 Å². The number of nitrogens with zero attached hydrogens (tertiary/aromatic N) is 1. The highest BCUT2D eigenvalue weighted by atomic mass is 16.5. The van der Waals surface area contributed by atoms with E-state index in [4.69, 9.17) is 4.74 Å². The van der Waals surface area contributed by atoms with Crippen molar-refractivity contribution < 1.29 is 9.53 Å². The van der Waals surface area contributed by atoms with E-state index in [2.05, 4.69) is 18.5 Å². The van der Waals surface area contributed by atoms with Gasteiger partial charge in [0.1, 0.15) is 5.75 Å². The van der Waals surface area contributed by atoms with Gasteiger partial charge < -0.3 is 10.1 Å². The van der Waals surface area contributed by atoms with Crippen molar-refractivity contribution in [2.75, 3.05) is 25.0 Å². The molecular formula is C20H22N2O2. The van der Waals surface area contributed by atoms with Crippen LogP contribution in [0.2, 0.25) is 0 Å². The normalized spacial score (nSPS) is 10.2. The van der Waals surface area contributed by atoms with Crippen LogP contribution in [-0.4, -0.2) is 30.4 Å². The van der Waals surface area contributed by atoms with E-state index in [-0.39, 0.29) is 12.5 Å². The lowest BCUT2D eigenvalue weighted by Crippen LogP contribution is -2.33. The van der Waals surface area contributed by atoms with E-state index in [0.29, 0.717) is 24.5 Å². The molecule has 0 saturated heterocycles. The fraction of sp³-hybridized carbons (Fsp3) is 0.150. The molecule has 2 aromatic rings. The molecule has 0 atom stereocenters. The first kappa shape index (κ1) is 17.5. The molecule has 0 saturated carbocycles. The van der Waals surface area contributed by atoms with Gasteiger partial charge in [0.25, 0.3) is 0 Å². The third-order valence-electron chi connectivity index (χ3n) is 3.27. The standard InChI is InChI=1S/C20H22N2O2/c1-3-14-22(15-4-2)16-20(23)21-18-12-8-9-13-19(18)24-17-10-6-5-7-11-17/h3-13H,1-2,14-16H2,(H,21,23). The summed E-state index contributed by atoms with van der Waals surface area (Å²) >= 11 is 0. The van der Waals surface area contributed by atoms with Crippen molar-refractivity contribution in [1.82, 2.24) is 4.90 Å². The van der Waals surface area contributed by atoms with Crippen LogP contribution in [0.5, 0.6) is 11.5 Å². The van der Waals surface area contributed by atoms with Crippen LogP contribution in [0.15, 0.2) is 79.9 Å². The Morgan fingerprint density at radius 1 is 1.00 bits per heavy atom. The lowest BCUT2D eigenvalue weighted by atomic mass is 10.2. The summed E-state index contributed by atoms with van der Waals surface area (Å²) in [6.45, 7) is 8.93. The molecule has 0 aliphatic rings. The summed E-state index contributed by atoms with van der Waals surface area (Å²) in [5, 5.41) is 2.90. The van der Waals surface area contributed by atoms with Gasteiger partial charge >= 0.3 is 0 Å². The average Bonchev–Trinajstić information content (AvgIpc) is 2.58. The highest BCUT2D eigenvalue weighted by Crippen LogP contribution is 2.28. The predicted molar refractivity (Wildman–Crippen MR) is 98.4 cm³/mol. The Balaban J connectivity index is 2.05. The second-order valence-corrected chi connectivity index (χ2v) is 5.23. The molecule has 0 aromatic heterocycles. The van der Waals surface area contributed by atoms with Crippen molar-refractivity contribution in [1.29, 1.82) is 0 Å². The van der Waals surface area contributed by atoms with Crippen LogP contribution < -0.4 is 10.1 Å². The van der Waals surface area contributed by atoms with E-state index in [1.807, 2.05) is 59.5 Å². The van der Waals surface area contributed by atoms with Gasteiger partial charge in [0.15, 0.2) is 5.75 Å². The molecule has 0 unspecified atom stereocenters. The van der Waals surface area contributed by atoms with Crippen LogP contribution in [0, 0.1) is 0 Å². The van der Waals surface area contributed by atoms with E-state index >= 15 is 0 Å². The van der Waals surface area contributed by atoms with Gasteiger partial charge in [-0.1, -0.05) is 42.5 Å². The second kappa shape index (κ2) is 9.33. The molecule has 0 radical (unpaired) electrons. The minimum absolute atomic E-state index is 0.109. The topological polar surface area (TPSA) is 41.6 Å². The molecule has 0 bridgehead atoms. The highest BCUT2D eigenvalue weighted by molar-refractivity contribution is 5.93. The summed E-state index contributed by atoms with van der Waals surface area (Å²) in [6, 6.07) is 16.8. The first-order valence-corrected chi connectivity index (χ1v) is 7.79. The maximum Gasteiger partial charge on any atom is 0.238 e. The molecule has 4 heteroatoms. The summed E-state index contributed by atoms with van der Waals surface area (Å²) in [6.07, 6.45) is 3.53. The third-order valence-corrected chi connectivity index (χ3v) is 3.27. The highest BCUT2D eigenvalue weighted by Gasteiger charge is 2.11. The number of hydrogen-bond acceptors (Lipinski definition) is 3. The Morgan fingerprint density at radius 2 is 1.62 bits per heavy atom. The lowest BCUT2D eigenvalue weighted by molar-refractivity contribution is -0.117. The minimum Gasteiger partial charge on any atom is -0.455 e. The van der Waals surface area contributed by atoms with Gasteiger partial charge in [-0.25, -0.2) is 0 Å². The maximum absolute atomic E-state index is 12.3. The number of benzene rings is 2. The summed E-state index contributed by atoms with van der Waals surface area (Å²) in [4.78, 5) is 14.2. The Hall–Kier alpha value is -2.85. The Bertz CT molecular complexity index is 673. The molecule has 2 aromatic carbocycles. The van der Waals surface area contributed by atoms with Crippen molar-refractivity contribution in [3.63, 3.8) is 0 Å². The van der Waals surface area contributed by atoms with Gasteiger partial charge in [-0.2, -0.15) is 0 Å². The van der Waals surface area contributed by atoms with Crippen LogP contribution in [0.4, 0.5) is 5.69 Å². The maximum atomic E-state index is 12.3. The molecule has 0 spiro atoms. The number of carbonyl (C=O) groups excluding carboxylic acids is 1. The summed E-state index contributed by atoms with van der Waals surface area (Å²) < 4.78 is 5.85. The monoisotopic (exact) mass is 322 g/mol. The SMILES string of the molecule is C=CCN(CC=C)CC(=O)Nc1ccccc1Oc1ccccc1. The minimum atomic E-state index is -0.109. The number of nitrogens with one attached hydrogen (secondary N) is 1. The van der Waals surface area contributed by atoms with Crippen molar-refractivity contribution in [3.05, 3.63) is 79.9 Å². The Labute approximate surface area is 143 Å². The molecule has 2 rings (SSSR count). The van der Waals surface area contributed by atoms with Crippen LogP contribution in [0.25, 0.3) is 0 Å². The third kappa shape index (κ3) is 5.41. The molecule has 124 valence electrons.